The summed E-state index contributed by atoms with van der Waals surface area (Å²) in [5, 5.41) is 7.15. The van der Waals surface area contributed by atoms with Gasteiger partial charge in [-0.25, -0.2) is 4.79 Å². The summed E-state index contributed by atoms with van der Waals surface area (Å²) in [6.07, 6.45) is 1.62. The zero-order valence-corrected chi connectivity index (χ0v) is 16.7. The molecule has 2 amide bonds. The summed E-state index contributed by atoms with van der Waals surface area (Å²) >= 11 is 0. The lowest BCUT2D eigenvalue weighted by Gasteiger charge is -2.20. The predicted octanol–water partition coefficient (Wildman–Crippen LogP) is 3.09. The molecule has 0 atom stereocenters. The Morgan fingerprint density at radius 1 is 1.10 bits per heavy atom. The van der Waals surface area contributed by atoms with Crippen molar-refractivity contribution < 1.29 is 14.3 Å². The molecule has 0 unspecified atom stereocenters. The normalized spacial score (nSPS) is 10.6. The predicted molar refractivity (Wildman–Crippen MR) is 114 cm³/mol. The number of nitrogens with zero attached hydrogens (tertiary/aromatic N) is 2. The monoisotopic (exact) mass is 390 g/mol. The average Bonchev–Trinajstić information content (AvgIpc) is 2.75. The molecular weight excluding hydrogens is 367 g/mol. The van der Waals surface area contributed by atoms with Gasteiger partial charge in [0.05, 0.1) is 31.8 Å². The van der Waals surface area contributed by atoms with Gasteiger partial charge in [0.2, 0.25) is 0 Å². The van der Waals surface area contributed by atoms with Crippen LogP contribution in [0.5, 0.6) is 11.5 Å². The van der Waals surface area contributed by atoms with Crippen molar-refractivity contribution in [2.75, 3.05) is 26.6 Å². The van der Waals surface area contributed by atoms with Crippen LogP contribution in [-0.4, -0.2) is 45.2 Å². The van der Waals surface area contributed by atoms with Gasteiger partial charge >= 0.3 is 6.03 Å². The number of hydrogen-bond acceptors (Lipinski definition) is 5. The van der Waals surface area contributed by atoms with E-state index < -0.39 is 0 Å². The number of hydrogen-bond donors (Lipinski definition) is 2. The zero-order chi connectivity index (χ0) is 20.8. The molecule has 29 heavy (non-hydrogen) atoms. The average molecular weight is 390 g/mol. The third-order valence-electron chi connectivity index (χ3n) is 4.59. The van der Waals surface area contributed by atoms with Crippen LogP contribution in [0.4, 0.5) is 10.5 Å². The minimum atomic E-state index is -0.239. The lowest BCUT2D eigenvalue weighted by Crippen LogP contribution is -2.31. The summed E-state index contributed by atoms with van der Waals surface area (Å²) in [7, 11) is 10.4. The van der Waals surface area contributed by atoms with Gasteiger partial charge < -0.3 is 24.9 Å². The first kappa shape index (κ1) is 20.5. The van der Waals surface area contributed by atoms with Crippen LogP contribution in [0.3, 0.4) is 0 Å². The quantitative estimate of drug-likeness (QED) is 0.607. The lowest BCUT2D eigenvalue weighted by atomic mass is 10.1. The molecule has 0 fully saturated rings. The number of benzene rings is 2. The Balaban J connectivity index is 1.93. The highest BCUT2D eigenvalue weighted by Crippen LogP contribution is 2.36. The minimum Gasteiger partial charge on any atom is -0.493 e. The molecule has 3 rings (SSSR count). The second kappa shape index (κ2) is 9.29. The fraction of sp³-hybridized carbons (Fsp3) is 0.238. The minimum absolute atomic E-state index is 0.239. The third-order valence-corrected chi connectivity index (χ3v) is 4.59. The van der Waals surface area contributed by atoms with Crippen LogP contribution in [0, 0.1) is 0 Å². The van der Waals surface area contributed by atoms with E-state index in [1.807, 2.05) is 42.5 Å². The molecule has 0 aliphatic heterocycles. The van der Waals surface area contributed by atoms with E-state index in [1.54, 1.807) is 32.4 Å². The van der Waals surface area contributed by atoms with Gasteiger partial charge in [0, 0.05) is 30.9 Å². The highest BCUT2D eigenvalue weighted by molar-refractivity contribution is 6.05. The van der Waals surface area contributed by atoms with Gasteiger partial charge in [-0.1, -0.05) is 30.3 Å². The van der Waals surface area contributed by atoms with Crippen LogP contribution in [-0.2, 0) is 13.1 Å². The second-order valence-corrected chi connectivity index (χ2v) is 6.52. The molecule has 0 aliphatic carbocycles. The molecule has 8 heteroatoms. The van der Waals surface area contributed by atoms with E-state index in [2.05, 4.69) is 15.5 Å². The van der Waals surface area contributed by atoms with Crippen LogP contribution in [0.2, 0.25) is 0 Å². The third kappa shape index (κ3) is 4.60. The molecular formula is C21H23BN4O3. The van der Waals surface area contributed by atoms with Gasteiger partial charge in [0.15, 0.2) is 19.5 Å². The Morgan fingerprint density at radius 3 is 2.38 bits per heavy atom. The highest BCUT2D eigenvalue weighted by Gasteiger charge is 2.16. The first-order valence-electron chi connectivity index (χ1n) is 9.10. The zero-order valence-electron chi connectivity index (χ0n) is 16.7. The van der Waals surface area contributed by atoms with Gasteiger partial charge in [-0.3, -0.25) is 4.98 Å². The molecule has 1 aromatic heterocycles. The number of carbonyl (C=O) groups is 1. The first-order valence-corrected chi connectivity index (χ1v) is 9.10. The largest absolute Gasteiger partial charge is 0.493 e. The number of urea groups is 1. The van der Waals surface area contributed by atoms with E-state index in [1.165, 1.54) is 0 Å². The number of anilines is 1. The van der Waals surface area contributed by atoms with Gasteiger partial charge in [-0.15, -0.1) is 0 Å². The summed E-state index contributed by atoms with van der Waals surface area (Å²) in [5.41, 5.74) is 2.36. The summed E-state index contributed by atoms with van der Waals surface area (Å²) in [5.74, 6) is 1.13. The van der Waals surface area contributed by atoms with Crippen LogP contribution in [0.1, 0.15) is 11.3 Å². The van der Waals surface area contributed by atoms with Crippen molar-refractivity contribution in [2.24, 2.45) is 0 Å². The van der Waals surface area contributed by atoms with E-state index in [0.29, 0.717) is 30.3 Å². The second-order valence-electron chi connectivity index (χ2n) is 6.52. The Bertz CT molecular complexity index is 998. The molecule has 0 aliphatic rings. The Hall–Kier alpha value is -3.26. The number of aromatic nitrogens is 1. The van der Waals surface area contributed by atoms with Crippen LogP contribution >= 0.6 is 0 Å². The molecule has 2 N–H and O–H groups in total. The first-order chi connectivity index (χ1) is 14.1. The molecule has 148 valence electrons. The van der Waals surface area contributed by atoms with Crippen molar-refractivity contribution in [2.45, 2.75) is 13.1 Å². The van der Waals surface area contributed by atoms with Crippen molar-refractivity contribution in [1.29, 1.82) is 0 Å². The maximum absolute atomic E-state index is 12.7. The van der Waals surface area contributed by atoms with Crippen LogP contribution in [0.25, 0.3) is 10.8 Å². The lowest BCUT2D eigenvalue weighted by molar-refractivity contribution is 0.220. The van der Waals surface area contributed by atoms with Gasteiger partial charge in [-0.05, 0) is 17.7 Å². The van der Waals surface area contributed by atoms with Crippen LogP contribution < -0.4 is 20.0 Å². The van der Waals surface area contributed by atoms with Gasteiger partial charge in [0.25, 0.3) is 0 Å². The van der Waals surface area contributed by atoms with Gasteiger partial charge in [0.1, 0.15) is 0 Å². The summed E-state index contributed by atoms with van der Waals surface area (Å²) < 4.78 is 10.8. The standard InChI is InChI=1S/C21H23BN4O3/c1-26(13-14-7-5-4-6-8-14)21(27)25-18-11-23-17(12-24-22)15-9-19(28-2)20(29-3)10-16(15)18/h4-11,24H,12-13H2,1-3H3,(H,25,27). The van der Waals surface area contributed by atoms with Crippen molar-refractivity contribution in [3.63, 3.8) is 0 Å². The number of fused-ring (bicyclic) bond motifs is 1. The van der Waals surface area contributed by atoms with Gasteiger partial charge in [-0.2, -0.15) is 0 Å². The van der Waals surface area contributed by atoms with Crippen molar-refractivity contribution in [3.05, 3.63) is 59.9 Å². The van der Waals surface area contributed by atoms with Crippen molar-refractivity contribution in [3.8, 4) is 11.5 Å². The molecule has 7 nitrogen and oxygen atoms in total. The van der Waals surface area contributed by atoms with Crippen molar-refractivity contribution in [1.82, 2.24) is 15.1 Å². The van der Waals surface area contributed by atoms with E-state index in [9.17, 15) is 4.79 Å². The fourth-order valence-corrected chi connectivity index (χ4v) is 3.10. The number of amides is 2. The maximum atomic E-state index is 12.7. The number of nitrogens with one attached hydrogen (secondary N) is 2. The smallest absolute Gasteiger partial charge is 0.321 e. The summed E-state index contributed by atoms with van der Waals surface area (Å²) in [6, 6.07) is 13.2. The van der Waals surface area contributed by atoms with E-state index in [0.717, 1.165) is 22.0 Å². The molecule has 1 heterocycles. The SMILES string of the molecule is [B]NCc1ncc(NC(=O)N(C)Cc2ccccc2)c2cc(OC)c(OC)cc12. The molecule has 0 saturated heterocycles. The number of carbonyl (C=O) groups excluding carboxylic acids is 1. The van der Waals surface area contributed by atoms with E-state index >= 15 is 0 Å². The number of methoxy groups -OCH3 is 2. The highest BCUT2D eigenvalue weighted by atomic mass is 16.5. The summed E-state index contributed by atoms with van der Waals surface area (Å²) in [6.45, 7) is 0.860. The topological polar surface area (TPSA) is 75.7 Å². The summed E-state index contributed by atoms with van der Waals surface area (Å²) in [4.78, 5) is 18.8. The van der Waals surface area contributed by atoms with Crippen molar-refractivity contribution >= 4 is 30.5 Å². The Kier molecular flexibility index (Phi) is 6.56. The van der Waals surface area contributed by atoms with E-state index in [4.69, 9.17) is 17.5 Å². The van der Waals surface area contributed by atoms with Crippen LogP contribution in [0.15, 0.2) is 48.7 Å². The Morgan fingerprint density at radius 2 is 1.76 bits per heavy atom. The maximum Gasteiger partial charge on any atom is 0.321 e. The van der Waals surface area contributed by atoms with E-state index in [-0.39, 0.29) is 6.03 Å². The number of rotatable bonds is 7. The molecule has 0 bridgehead atoms. The number of pyridine rings is 1. The molecule has 0 saturated carbocycles. The molecule has 2 radical (unpaired) electrons. The Labute approximate surface area is 171 Å². The molecule has 3 aromatic rings. The molecule has 2 aromatic carbocycles. The number of ether oxygens (including phenoxy) is 2. The molecule has 0 spiro atoms. The fourth-order valence-electron chi connectivity index (χ4n) is 3.10.